The van der Waals surface area contributed by atoms with Gasteiger partial charge in [0.15, 0.2) is 46.5 Å². The van der Waals surface area contributed by atoms with Crippen LogP contribution in [-0.2, 0) is 0 Å². The van der Waals surface area contributed by atoms with E-state index in [4.69, 9.17) is 8.83 Å². The lowest BCUT2D eigenvalue weighted by atomic mass is 10.0. The fraction of sp³-hybridized carbons (Fsp3) is 0. The van der Waals surface area contributed by atoms with Crippen LogP contribution in [0.2, 0.25) is 0 Å². The van der Waals surface area contributed by atoms with Gasteiger partial charge in [0.25, 0.3) is 0 Å². The van der Waals surface area contributed by atoms with Crippen molar-refractivity contribution in [1.82, 2.24) is 0 Å². The number of anilines is 6. The van der Waals surface area contributed by atoms with Gasteiger partial charge in [0.1, 0.15) is 33.7 Å². The highest BCUT2D eigenvalue weighted by Gasteiger charge is 2.33. The van der Waals surface area contributed by atoms with E-state index in [9.17, 15) is 26.3 Å². The number of benzene rings is 8. The fourth-order valence-corrected chi connectivity index (χ4v) is 7.71. The number of para-hydroxylation sites is 2. The number of nitrogens with zero attached hydrogens (tertiary/aromatic N) is 2. The van der Waals surface area contributed by atoms with Gasteiger partial charge in [-0.15, -0.1) is 0 Å². The molecule has 306 valence electrons. The lowest BCUT2D eigenvalue weighted by Gasteiger charge is -2.27. The van der Waals surface area contributed by atoms with Crippen molar-refractivity contribution < 1.29 is 52.7 Å². The van der Waals surface area contributed by atoms with E-state index in [1.165, 1.54) is 84.9 Å². The molecule has 0 spiro atoms. The summed E-state index contributed by atoms with van der Waals surface area (Å²) in [5, 5.41) is 2.27. The first-order valence-corrected chi connectivity index (χ1v) is 18.6. The molecule has 0 amide bonds. The highest BCUT2D eigenvalue weighted by molar-refractivity contribution is 6.07. The lowest BCUT2D eigenvalue weighted by Crippen LogP contribution is -2.17. The standard InChI is InChI=1S/C48H22F10N2O2/c49-37-39(51)43(55)47(44(56)40(37)52)59(27-17-19-35-31(21-27)29-5-1-3-7-33(29)61-35)25-13-9-23(10-14-25)24-11-15-26(16-12-24)60(48-45(57)41(53)38(50)42(54)46(48)58)28-18-20-36-32(22-28)30-6-2-4-8-34(30)62-36/h1-22H. The van der Waals surface area contributed by atoms with Gasteiger partial charge in [0.05, 0.1) is 0 Å². The molecule has 2 heterocycles. The van der Waals surface area contributed by atoms with Crippen LogP contribution in [0.5, 0.6) is 0 Å². The topological polar surface area (TPSA) is 32.8 Å². The third kappa shape index (κ3) is 5.92. The SMILES string of the molecule is Fc1c(F)c(F)c(N(c2ccc(-c3ccc(N(c4ccc5oc6ccccc6c5c4)c4c(F)c(F)c(F)c(F)c4F)cc3)cc2)c2ccc3oc4ccccc4c3c2)c(F)c1F. The smallest absolute Gasteiger partial charge is 0.200 e. The average Bonchev–Trinajstić information content (AvgIpc) is 3.87. The number of fused-ring (bicyclic) bond motifs is 6. The van der Waals surface area contributed by atoms with Crippen LogP contribution in [0.15, 0.2) is 142 Å². The Morgan fingerprint density at radius 1 is 0.274 bits per heavy atom. The summed E-state index contributed by atoms with van der Waals surface area (Å²) in [6, 6.07) is 34.2. The van der Waals surface area contributed by atoms with Gasteiger partial charge in [-0.1, -0.05) is 60.7 Å². The molecule has 0 atom stereocenters. The maximum Gasteiger partial charge on any atom is 0.200 e. The van der Waals surface area contributed by atoms with Gasteiger partial charge in [-0.25, -0.2) is 43.9 Å². The summed E-state index contributed by atoms with van der Waals surface area (Å²) in [7, 11) is 0. The minimum atomic E-state index is -2.33. The molecule has 0 saturated heterocycles. The van der Waals surface area contributed by atoms with Crippen LogP contribution in [0, 0.1) is 58.2 Å². The van der Waals surface area contributed by atoms with Crippen molar-refractivity contribution in [1.29, 1.82) is 0 Å². The number of hydrogen-bond acceptors (Lipinski definition) is 4. The van der Waals surface area contributed by atoms with Gasteiger partial charge in [-0.05, 0) is 83.9 Å². The second-order valence-electron chi connectivity index (χ2n) is 14.2. The van der Waals surface area contributed by atoms with E-state index >= 15 is 17.6 Å². The van der Waals surface area contributed by atoms with Crippen LogP contribution in [0.3, 0.4) is 0 Å². The van der Waals surface area contributed by atoms with E-state index in [2.05, 4.69) is 0 Å². The molecule has 0 unspecified atom stereocenters. The Morgan fingerprint density at radius 2 is 0.565 bits per heavy atom. The van der Waals surface area contributed by atoms with Gasteiger partial charge in [-0.3, -0.25) is 0 Å². The largest absolute Gasteiger partial charge is 0.456 e. The van der Waals surface area contributed by atoms with E-state index in [1.807, 2.05) is 0 Å². The van der Waals surface area contributed by atoms with E-state index in [0.29, 0.717) is 55.0 Å². The van der Waals surface area contributed by atoms with Gasteiger partial charge >= 0.3 is 0 Å². The fourth-order valence-electron chi connectivity index (χ4n) is 7.71. The van der Waals surface area contributed by atoms with E-state index in [-0.39, 0.29) is 22.7 Å². The zero-order chi connectivity index (χ0) is 43.1. The summed E-state index contributed by atoms with van der Waals surface area (Å²) in [4.78, 5) is 1.76. The molecule has 0 bridgehead atoms. The Balaban J connectivity index is 1.07. The maximum absolute atomic E-state index is 15.6. The molecule has 10 aromatic rings. The molecule has 0 fully saturated rings. The van der Waals surface area contributed by atoms with Crippen molar-refractivity contribution in [3.05, 3.63) is 192 Å². The number of hydrogen-bond donors (Lipinski definition) is 0. The van der Waals surface area contributed by atoms with Crippen molar-refractivity contribution >= 4 is 78.0 Å². The molecule has 2 aromatic heterocycles. The molecule has 4 nitrogen and oxygen atoms in total. The Hall–Kier alpha value is -7.74. The molecule has 8 aromatic carbocycles. The normalized spacial score (nSPS) is 11.7. The molecule has 10 rings (SSSR count). The van der Waals surface area contributed by atoms with E-state index in [1.54, 1.807) is 48.5 Å². The maximum atomic E-state index is 15.6. The van der Waals surface area contributed by atoms with Crippen molar-refractivity contribution in [3.8, 4) is 11.1 Å². The first-order valence-electron chi connectivity index (χ1n) is 18.6. The van der Waals surface area contributed by atoms with E-state index < -0.39 is 69.5 Å². The van der Waals surface area contributed by atoms with Crippen LogP contribution in [0.4, 0.5) is 78.0 Å². The predicted octanol–water partition coefficient (Wildman–Crippen LogP) is 15.5. The highest BCUT2D eigenvalue weighted by atomic mass is 19.2. The lowest BCUT2D eigenvalue weighted by molar-refractivity contribution is 0.380. The third-order valence-electron chi connectivity index (χ3n) is 10.6. The Kier molecular flexibility index (Phi) is 8.98. The second kappa shape index (κ2) is 14.5. The Morgan fingerprint density at radius 3 is 0.919 bits per heavy atom. The molecular formula is C48H22F10N2O2. The first-order chi connectivity index (χ1) is 29.9. The molecule has 0 aliphatic carbocycles. The molecule has 0 saturated carbocycles. The monoisotopic (exact) mass is 848 g/mol. The van der Waals surface area contributed by atoms with Crippen molar-refractivity contribution in [2.75, 3.05) is 9.80 Å². The quantitative estimate of drug-likeness (QED) is 0.0909. The van der Waals surface area contributed by atoms with Gasteiger partial charge in [0, 0.05) is 44.3 Å². The summed E-state index contributed by atoms with van der Waals surface area (Å²) in [5.74, 6) is -21.5. The molecular weight excluding hydrogens is 827 g/mol. The number of furan rings is 2. The highest BCUT2D eigenvalue weighted by Crippen LogP contribution is 2.45. The van der Waals surface area contributed by atoms with Crippen molar-refractivity contribution in [2.45, 2.75) is 0 Å². The summed E-state index contributed by atoms with van der Waals surface area (Å²) in [6.45, 7) is 0. The van der Waals surface area contributed by atoms with Crippen LogP contribution in [0.1, 0.15) is 0 Å². The third-order valence-corrected chi connectivity index (χ3v) is 10.6. The summed E-state index contributed by atoms with van der Waals surface area (Å²) in [5.41, 5.74) is 0.258. The number of rotatable bonds is 7. The summed E-state index contributed by atoms with van der Waals surface area (Å²) in [6.07, 6.45) is 0. The first kappa shape index (κ1) is 38.5. The summed E-state index contributed by atoms with van der Waals surface area (Å²) < 4.78 is 161. The zero-order valence-corrected chi connectivity index (χ0v) is 31.2. The Bertz CT molecular complexity index is 3150. The molecule has 14 heteroatoms. The van der Waals surface area contributed by atoms with Gasteiger partial charge in [-0.2, -0.15) is 0 Å². The van der Waals surface area contributed by atoms with Crippen LogP contribution in [-0.4, -0.2) is 0 Å². The van der Waals surface area contributed by atoms with Crippen LogP contribution >= 0.6 is 0 Å². The van der Waals surface area contributed by atoms with Crippen molar-refractivity contribution in [3.63, 3.8) is 0 Å². The molecule has 0 N–H and O–H groups in total. The minimum absolute atomic E-state index is 0.0135. The molecule has 0 aliphatic rings. The predicted molar refractivity (Wildman–Crippen MR) is 215 cm³/mol. The second-order valence-corrected chi connectivity index (χ2v) is 14.2. The van der Waals surface area contributed by atoms with Gasteiger partial charge in [0.2, 0.25) is 11.6 Å². The van der Waals surface area contributed by atoms with Crippen molar-refractivity contribution in [2.24, 2.45) is 0 Å². The molecule has 0 aliphatic heterocycles. The zero-order valence-electron chi connectivity index (χ0n) is 31.2. The Labute approximate surface area is 342 Å². The summed E-state index contributed by atoms with van der Waals surface area (Å²) >= 11 is 0. The number of halogens is 10. The molecule has 0 radical (unpaired) electrons. The van der Waals surface area contributed by atoms with Crippen LogP contribution in [0.25, 0.3) is 55.0 Å². The molecule has 62 heavy (non-hydrogen) atoms. The van der Waals surface area contributed by atoms with Gasteiger partial charge < -0.3 is 18.6 Å². The minimum Gasteiger partial charge on any atom is -0.456 e. The average molecular weight is 849 g/mol. The van der Waals surface area contributed by atoms with E-state index in [0.717, 1.165) is 9.80 Å². The van der Waals surface area contributed by atoms with Crippen LogP contribution < -0.4 is 9.80 Å².